The molecular formula is C17H23ClFNO. The van der Waals surface area contributed by atoms with Crippen LogP contribution in [0.15, 0.2) is 18.2 Å². The van der Waals surface area contributed by atoms with E-state index in [1.807, 2.05) is 0 Å². The highest BCUT2D eigenvalue weighted by Gasteiger charge is 2.47. The van der Waals surface area contributed by atoms with E-state index in [2.05, 4.69) is 11.8 Å². The second-order valence-corrected chi connectivity index (χ2v) is 7.08. The summed E-state index contributed by atoms with van der Waals surface area (Å²) in [6, 6.07) is 4.89. The van der Waals surface area contributed by atoms with Crippen LogP contribution < -0.4 is 0 Å². The molecule has 1 saturated heterocycles. The molecule has 0 unspecified atom stereocenters. The Bertz CT molecular complexity index is 524. The minimum atomic E-state index is -0.518. The lowest BCUT2D eigenvalue weighted by Crippen LogP contribution is -2.44. The van der Waals surface area contributed by atoms with Gasteiger partial charge in [0, 0.05) is 36.1 Å². The van der Waals surface area contributed by atoms with Gasteiger partial charge in [-0.1, -0.05) is 31.0 Å². The monoisotopic (exact) mass is 311 g/mol. The number of fused-ring (bicyclic) bond motifs is 1. The van der Waals surface area contributed by atoms with E-state index >= 15 is 0 Å². The molecule has 1 saturated carbocycles. The summed E-state index contributed by atoms with van der Waals surface area (Å²) in [5.41, 5.74) is 0.175. The third-order valence-corrected chi connectivity index (χ3v) is 5.65. The van der Waals surface area contributed by atoms with Gasteiger partial charge in [0.1, 0.15) is 5.82 Å². The molecule has 3 atom stereocenters. The number of nitrogens with zero attached hydrogens (tertiary/aromatic N) is 1. The molecule has 2 nitrogen and oxygen atoms in total. The Kier molecular flexibility index (Phi) is 4.26. The molecule has 0 aromatic heterocycles. The van der Waals surface area contributed by atoms with Crippen molar-refractivity contribution < 1.29 is 9.50 Å². The first kappa shape index (κ1) is 15.3. The van der Waals surface area contributed by atoms with Gasteiger partial charge in [0.25, 0.3) is 0 Å². The lowest BCUT2D eigenvalue weighted by Gasteiger charge is -2.40. The normalized spacial score (nSPS) is 33.1. The number of benzene rings is 1. The van der Waals surface area contributed by atoms with E-state index < -0.39 is 5.60 Å². The molecular weight excluding hydrogens is 289 g/mol. The molecule has 1 aliphatic heterocycles. The predicted molar refractivity (Wildman–Crippen MR) is 82.8 cm³/mol. The van der Waals surface area contributed by atoms with E-state index in [1.165, 1.54) is 12.5 Å². The van der Waals surface area contributed by atoms with Crippen molar-refractivity contribution in [1.29, 1.82) is 0 Å². The fraction of sp³-hybridized carbons (Fsp3) is 0.647. The van der Waals surface area contributed by atoms with Crippen LogP contribution >= 0.6 is 11.6 Å². The second kappa shape index (κ2) is 5.86. The standard InChI is InChI=1S/C17H23ClFNO/c1-2-17(21)7-3-4-12-9-20(11-15(12)17)10-13-5-6-14(18)8-16(13)19/h5-6,8,12,15,21H,2-4,7,9-11H2,1H3/t12-,15+,17-/m1/s1. The molecule has 2 aliphatic rings. The highest BCUT2D eigenvalue weighted by Crippen LogP contribution is 2.44. The molecule has 1 aliphatic carbocycles. The molecule has 0 radical (unpaired) electrons. The fourth-order valence-corrected chi connectivity index (χ4v) is 4.34. The maximum absolute atomic E-state index is 13.9. The van der Waals surface area contributed by atoms with Crippen LogP contribution in [-0.2, 0) is 6.54 Å². The van der Waals surface area contributed by atoms with Crippen molar-refractivity contribution in [2.24, 2.45) is 11.8 Å². The average Bonchev–Trinajstić information content (AvgIpc) is 2.86. The lowest BCUT2D eigenvalue weighted by atomic mass is 9.69. The van der Waals surface area contributed by atoms with Crippen LogP contribution in [0.5, 0.6) is 0 Å². The zero-order valence-corrected chi connectivity index (χ0v) is 13.2. The highest BCUT2D eigenvalue weighted by atomic mass is 35.5. The van der Waals surface area contributed by atoms with Crippen molar-refractivity contribution in [3.63, 3.8) is 0 Å². The van der Waals surface area contributed by atoms with Crippen LogP contribution in [0, 0.1) is 17.7 Å². The van der Waals surface area contributed by atoms with E-state index in [4.69, 9.17) is 11.6 Å². The van der Waals surface area contributed by atoms with E-state index in [9.17, 15) is 9.50 Å². The smallest absolute Gasteiger partial charge is 0.129 e. The van der Waals surface area contributed by atoms with Gasteiger partial charge in [-0.3, -0.25) is 4.90 Å². The quantitative estimate of drug-likeness (QED) is 0.916. The summed E-state index contributed by atoms with van der Waals surface area (Å²) in [4.78, 5) is 2.29. The van der Waals surface area contributed by atoms with Crippen LogP contribution in [0.3, 0.4) is 0 Å². The molecule has 1 aromatic carbocycles. The minimum Gasteiger partial charge on any atom is -0.390 e. The molecule has 21 heavy (non-hydrogen) atoms. The molecule has 1 heterocycles. The maximum Gasteiger partial charge on any atom is 0.129 e. The summed E-state index contributed by atoms with van der Waals surface area (Å²) < 4.78 is 13.9. The van der Waals surface area contributed by atoms with Gasteiger partial charge in [0.05, 0.1) is 5.60 Å². The Balaban J connectivity index is 1.72. The first-order valence-electron chi connectivity index (χ1n) is 7.90. The molecule has 0 amide bonds. The van der Waals surface area contributed by atoms with Crippen LogP contribution in [0.25, 0.3) is 0 Å². The number of halogens is 2. The summed E-state index contributed by atoms with van der Waals surface area (Å²) >= 11 is 5.80. The van der Waals surface area contributed by atoms with Crippen molar-refractivity contribution in [1.82, 2.24) is 4.90 Å². The number of hydrogen-bond donors (Lipinski definition) is 1. The van der Waals surface area contributed by atoms with E-state index in [1.54, 1.807) is 12.1 Å². The largest absolute Gasteiger partial charge is 0.390 e. The van der Waals surface area contributed by atoms with Crippen molar-refractivity contribution in [3.05, 3.63) is 34.6 Å². The molecule has 0 spiro atoms. The second-order valence-electron chi connectivity index (χ2n) is 6.65. The molecule has 1 N–H and O–H groups in total. The lowest BCUT2D eigenvalue weighted by molar-refractivity contribution is -0.0613. The Morgan fingerprint density at radius 1 is 1.43 bits per heavy atom. The van der Waals surface area contributed by atoms with Gasteiger partial charge in [0.15, 0.2) is 0 Å². The van der Waals surface area contributed by atoms with Gasteiger partial charge in [-0.2, -0.15) is 0 Å². The Labute approximate surface area is 130 Å². The average molecular weight is 312 g/mol. The van der Waals surface area contributed by atoms with Gasteiger partial charge in [-0.25, -0.2) is 4.39 Å². The zero-order valence-electron chi connectivity index (χ0n) is 12.5. The maximum atomic E-state index is 13.9. The molecule has 4 heteroatoms. The van der Waals surface area contributed by atoms with E-state index in [0.29, 0.717) is 29.0 Å². The van der Waals surface area contributed by atoms with Gasteiger partial charge in [0.2, 0.25) is 0 Å². The first-order valence-corrected chi connectivity index (χ1v) is 8.28. The summed E-state index contributed by atoms with van der Waals surface area (Å²) in [7, 11) is 0. The van der Waals surface area contributed by atoms with Crippen molar-refractivity contribution in [3.8, 4) is 0 Å². The summed E-state index contributed by atoms with van der Waals surface area (Å²) in [5, 5.41) is 11.2. The highest BCUT2D eigenvalue weighted by molar-refractivity contribution is 6.30. The van der Waals surface area contributed by atoms with E-state index in [-0.39, 0.29) is 5.82 Å². The number of likely N-dealkylation sites (tertiary alicyclic amines) is 1. The summed E-state index contributed by atoms with van der Waals surface area (Å²) in [6.07, 6.45) is 4.02. The minimum absolute atomic E-state index is 0.233. The number of rotatable bonds is 3. The molecule has 0 bridgehead atoms. The molecule has 116 valence electrons. The Morgan fingerprint density at radius 2 is 2.24 bits per heavy atom. The van der Waals surface area contributed by atoms with Crippen molar-refractivity contribution in [2.45, 2.75) is 44.8 Å². The zero-order chi connectivity index (χ0) is 15.0. The fourth-order valence-electron chi connectivity index (χ4n) is 4.18. The Morgan fingerprint density at radius 3 is 2.95 bits per heavy atom. The SMILES string of the molecule is CC[C@@]1(O)CCC[C@@H]2CN(Cc3ccc(Cl)cc3F)C[C@@H]21. The third-order valence-electron chi connectivity index (χ3n) is 5.41. The van der Waals surface area contributed by atoms with Gasteiger partial charge in [-0.05, 0) is 37.3 Å². The van der Waals surface area contributed by atoms with Crippen LogP contribution in [0.4, 0.5) is 4.39 Å². The summed E-state index contributed by atoms with van der Waals surface area (Å²) in [6.45, 7) is 4.52. The van der Waals surface area contributed by atoms with Gasteiger partial charge >= 0.3 is 0 Å². The molecule has 2 fully saturated rings. The molecule has 1 aromatic rings. The van der Waals surface area contributed by atoms with Crippen molar-refractivity contribution in [2.75, 3.05) is 13.1 Å². The van der Waals surface area contributed by atoms with E-state index in [0.717, 1.165) is 32.4 Å². The van der Waals surface area contributed by atoms with Crippen LogP contribution in [-0.4, -0.2) is 28.7 Å². The number of aliphatic hydroxyl groups is 1. The van der Waals surface area contributed by atoms with Gasteiger partial charge < -0.3 is 5.11 Å². The Hall–Kier alpha value is -0.640. The van der Waals surface area contributed by atoms with Crippen molar-refractivity contribution >= 4 is 11.6 Å². The first-order chi connectivity index (χ1) is 10.0. The summed E-state index contributed by atoms with van der Waals surface area (Å²) in [5.74, 6) is 0.661. The third kappa shape index (κ3) is 2.96. The number of hydrogen-bond acceptors (Lipinski definition) is 2. The predicted octanol–water partition coefficient (Wildman–Crippen LogP) is 3.85. The molecule has 3 rings (SSSR count). The van der Waals surface area contributed by atoms with Crippen LogP contribution in [0.2, 0.25) is 5.02 Å². The van der Waals surface area contributed by atoms with Gasteiger partial charge in [-0.15, -0.1) is 0 Å². The van der Waals surface area contributed by atoms with Crippen LogP contribution in [0.1, 0.15) is 38.2 Å². The topological polar surface area (TPSA) is 23.5 Å².